The molecule has 0 aromatic heterocycles. The summed E-state index contributed by atoms with van der Waals surface area (Å²) in [6, 6.07) is 15.6. The van der Waals surface area contributed by atoms with E-state index in [2.05, 4.69) is 24.4 Å². The summed E-state index contributed by atoms with van der Waals surface area (Å²) < 4.78 is 11.6. The Hall–Kier alpha value is -2.08. The lowest BCUT2D eigenvalue weighted by atomic mass is 9.54. The molecule has 2 unspecified atom stereocenters. The fraction of sp³-hybridized carbons (Fsp3) is 0.435. The Morgan fingerprint density at radius 3 is 2.59 bits per heavy atom. The van der Waals surface area contributed by atoms with Crippen molar-refractivity contribution in [2.75, 3.05) is 11.9 Å². The van der Waals surface area contributed by atoms with Crippen LogP contribution in [0.5, 0.6) is 5.75 Å². The van der Waals surface area contributed by atoms with Crippen LogP contribution in [0.25, 0.3) is 0 Å². The van der Waals surface area contributed by atoms with Crippen molar-refractivity contribution in [2.45, 2.75) is 52.4 Å². The van der Waals surface area contributed by atoms with Crippen molar-refractivity contribution in [1.82, 2.24) is 0 Å². The summed E-state index contributed by atoms with van der Waals surface area (Å²) in [7, 11) is 0. The van der Waals surface area contributed by atoms with Crippen LogP contribution in [0.3, 0.4) is 0 Å². The van der Waals surface area contributed by atoms with Crippen molar-refractivity contribution < 1.29 is 14.3 Å². The molecular weight excluding hydrogens is 388 g/mol. The normalized spacial score (nSPS) is 22.2. The number of nitrogens with one attached hydrogen (secondary N) is 1. The maximum Gasteiger partial charge on any atom is 0.245 e. The molecule has 0 heterocycles. The maximum absolute atomic E-state index is 12.9. The Balaban J connectivity index is 0.00000300. The molecule has 3 rings (SSSR count). The van der Waals surface area contributed by atoms with Gasteiger partial charge in [0.2, 0.25) is 5.91 Å². The van der Waals surface area contributed by atoms with Gasteiger partial charge in [0.05, 0.1) is 6.10 Å². The Morgan fingerprint density at radius 2 is 1.93 bits per heavy atom. The lowest BCUT2D eigenvalue weighted by Crippen LogP contribution is -2.74. The molecule has 0 radical (unpaired) electrons. The van der Waals surface area contributed by atoms with Gasteiger partial charge in [0.25, 0.3) is 0 Å². The zero-order valence-corrected chi connectivity index (χ0v) is 18.3. The van der Waals surface area contributed by atoms with Gasteiger partial charge in [0.15, 0.2) is 0 Å². The number of amides is 1. The molecule has 2 aromatic carbocycles. The molecule has 1 saturated carbocycles. The highest BCUT2D eigenvalue weighted by atomic mass is 35.5. The highest BCUT2D eigenvalue weighted by Crippen LogP contribution is 2.50. The number of nitrogens with two attached hydrogens (primary N) is 1. The van der Waals surface area contributed by atoms with Gasteiger partial charge in [-0.25, -0.2) is 0 Å². The van der Waals surface area contributed by atoms with Gasteiger partial charge in [-0.1, -0.05) is 49.7 Å². The molecule has 29 heavy (non-hydrogen) atoms. The number of hydrogen-bond donors (Lipinski definition) is 2. The van der Waals surface area contributed by atoms with Crippen LogP contribution in [0.1, 0.15) is 38.3 Å². The molecule has 2 atom stereocenters. The second kappa shape index (κ2) is 9.16. The van der Waals surface area contributed by atoms with Crippen LogP contribution in [0.4, 0.5) is 5.69 Å². The monoisotopic (exact) mass is 418 g/mol. The lowest BCUT2D eigenvalue weighted by Gasteiger charge is -2.57. The summed E-state index contributed by atoms with van der Waals surface area (Å²) >= 11 is 0. The summed E-state index contributed by atoms with van der Waals surface area (Å²) in [6.45, 7) is 9.07. The molecule has 0 aliphatic heterocycles. The van der Waals surface area contributed by atoms with Crippen LogP contribution in [0.2, 0.25) is 0 Å². The molecule has 158 valence electrons. The van der Waals surface area contributed by atoms with Crippen molar-refractivity contribution in [3.8, 4) is 5.75 Å². The van der Waals surface area contributed by atoms with Gasteiger partial charge >= 0.3 is 0 Å². The van der Waals surface area contributed by atoms with E-state index in [0.29, 0.717) is 31.1 Å². The Bertz CT molecular complexity index is 856. The smallest absolute Gasteiger partial charge is 0.245 e. The molecular formula is C23H31ClN2O3. The minimum atomic E-state index is -0.953. The van der Waals surface area contributed by atoms with E-state index in [1.165, 1.54) is 5.56 Å². The summed E-state index contributed by atoms with van der Waals surface area (Å²) in [6.07, 6.45) is 0.515. The van der Waals surface area contributed by atoms with Gasteiger partial charge < -0.3 is 20.5 Å². The van der Waals surface area contributed by atoms with Crippen molar-refractivity contribution in [2.24, 2.45) is 11.1 Å². The predicted octanol–water partition coefficient (Wildman–Crippen LogP) is 4.47. The average Bonchev–Trinajstić information content (AvgIpc) is 2.66. The third-order valence-electron chi connectivity index (χ3n) is 5.82. The number of carbonyl (C=O) groups is 1. The lowest BCUT2D eigenvalue weighted by molar-refractivity contribution is -0.166. The molecule has 0 bridgehead atoms. The highest BCUT2D eigenvalue weighted by molar-refractivity contribution is 5.99. The van der Waals surface area contributed by atoms with E-state index in [-0.39, 0.29) is 24.4 Å². The largest absolute Gasteiger partial charge is 0.489 e. The van der Waals surface area contributed by atoms with Gasteiger partial charge in [0.1, 0.15) is 17.9 Å². The van der Waals surface area contributed by atoms with E-state index in [9.17, 15) is 4.79 Å². The third kappa shape index (κ3) is 4.74. The molecule has 5 nitrogen and oxygen atoms in total. The van der Waals surface area contributed by atoms with Crippen molar-refractivity contribution in [3.63, 3.8) is 0 Å². The van der Waals surface area contributed by atoms with E-state index in [1.54, 1.807) is 0 Å². The van der Waals surface area contributed by atoms with Crippen molar-refractivity contribution in [1.29, 1.82) is 0 Å². The molecule has 1 aliphatic rings. The number of anilines is 1. The molecule has 3 N–H and O–H groups in total. The molecule has 1 aliphatic carbocycles. The van der Waals surface area contributed by atoms with Crippen molar-refractivity contribution in [3.05, 3.63) is 59.7 Å². The zero-order chi connectivity index (χ0) is 20.4. The SMILES string of the molecule is CCOC1CC(N)(C(=O)Nc2cccc(OCc3cccc(C)c3)c2)C1(C)C.Cl. The quantitative estimate of drug-likeness (QED) is 0.695. The van der Waals surface area contributed by atoms with E-state index in [4.69, 9.17) is 15.2 Å². The average molecular weight is 419 g/mol. The number of halogens is 1. The molecule has 0 spiro atoms. The predicted molar refractivity (Wildman–Crippen MR) is 119 cm³/mol. The Kier molecular flexibility index (Phi) is 7.33. The first-order valence-electron chi connectivity index (χ1n) is 9.76. The highest BCUT2D eigenvalue weighted by Gasteiger charge is 2.62. The number of ether oxygens (including phenoxy) is 2. The number of aryl methyl sites for hydroxylation is 1. The van der Waals surface area contributed by atoms with E-state index < -0.39 is 11.0 Å². The van der Waals surface area contributed by atoms with Crippen LogP contribution in [0.15, 0.2) is 48.5 Å². The standard InChI is InChI=1S/C23H30N2O3.ClH/c1-5-27-20-14-23(24,22(20,3)4)21(26)25-18-10-7-11-19(13-18)28-15-17-9-6-8-16(2)12-17;/h6-13,20H,5,14-15,24H2,1-4H3,(H,25,26);1H. The number of benzene rings is 2. The fourth-order valence-electron chi connectivity index (χ4n) is 3.70. The number of rotatable bonds is 7. The van der Waals surface area contributed by atoms with Gasteiger partial charge in [-0.3, -0.25) is 4.79 Å². The van der Waals surface area contributed by atoms with E-state index in [0.717, 1.165) is 5.56 Å². The summed E-state index contributed by atoms with van der Waals surface area (Å²) in [4.78, 5) is 12.9. The minimum absolute atomic E-state index is 0. The second-order valence-electron chi connectivity index (χ2n) is 8.10. The van der Waals surface area contributed by atoms with Gasteiger partial charge in [-0.05, 0) is 31.5 Å². The molecule has 1 amide bonds. The molecule has 6 heteroatoms. The first kappa shape index (κ1) is 23.2. The minimum Gasteiger partial charge on any atom is -0.489 e. The summed E-state index contributed by atoms with van der Waals surface area (Å²) in [5.74, 6) is 0.509. The fourth-order valence-corrected chi connectivity index (χ4v) is 3.70. The van der Waals surface area contributed by atoms with Gasteiger partial charge in [-0.15, -0.1) is 12.4 Å². The first-order chi connectivity index (χ1) is 13.3. The van der Waals surface area contributed by atoms with Crippen LogP contribution in [-0.4, -0.2) is 24.2 Å². The van der Waals surface area contributed by atoms with E-state index >= 15 is 0 Å². The zero-order valence-electron chi connectivity index (χ0n) is 17.5. The van der Waals surface area contributed by atoms with Crippen LogP contribution < -0.4 is 15.8 Å². The van der Waals surface area contributed by atoms with Gasteiger partial charge in [-0.2, -0.15) is 0 Å². The summed E-state index contributed by atoms with van der Waals surface area (Å²) in [5, 5.41) is 2.95. The Labute approximate surface area is 179 Å². The summed E-state index contributed by atoms with van der Waals surface area (Å²) in [5.41, 5.74) is 8.06. The topological polar surface area (TPSA) is 73.6 Å². The first-order valence-corrected chi connectivity index (χ1v) is 9.76. The third-order valence-corrected chi connectivity index (χ3v) is 5.82. The van der Waals surface area contributed by atoms with E-state index in [1.807, 2.05) is 57.2 Å². The number of hydrogen-bond acceptors (Lipinski definition) is 4. The van der Waals surface area contributed by atoms with Crippen molar-refractivity contribution >= 4 is 24.0 Å². The van der Waals surface area contributed by atoms with Crippen LogP contribution in [-0.2, 0) is 16.1 Å². The maximum atomic E-state index is 12.9. The van der Waals surface area contributed by atoms with Crippen LogP contribution in [0, 0.1) is 12.3 Å². The van der Waals surface area contributed by atoms with Gasteiger partial charge in [0, 0.05) is 30.2 Å². The molecule has 0 saturated heterocycles. The molecule has 2 aromatic rings. The second-order valence-corrected chi connectivity index (χ2v) is 8.10. The van der Waals surface area contributed by atoms with Crippen LogP contribution >= 0.6 is 12.4 Å². The Morgan fingerprint density at radius 1 is 1.21 bits per heavy atom. The number of carbonyl (C=O) groups excluding carboxylic acids is 1. The molecule has 1 fully saturated rings.